The Morgan fingerprint density at radius 3 is 2.93 bits per heavy atom. The van der Waals surface area contributed by atoms with Crippen LogP contribution in [0.5, 0.6) is 0 Å². The Balaban J connectivity index is 2.58. The van der Waals surface area contributed by atoms with Crippen molar-refractivity contribution in [2.75, 3.05) is 17.6 Å². The number of nitrogen functional groups attached to an aromatic ring is 1. The fraction of sp³-hybridized carbons (Fsp3) is 0.400. The van der Waals surface area contributed by atoms with Crippen LogP contribution >= 0.6 is 0 Å². The summed E-state index contributed by atoms with van der Waals surface area (Å²) in [5.74, 6) is 1.03. The van der Waals surface area contributed by atoms with Crippen molar-refractivity contribution in [1.29, 1.82) is 0 Å². The molecule has 3 N–H and O–H groups in total. The average molecular weight is 192 g/mol. The molecule has 0 aliphatic heterocycles. The van der Waals surface area contributed by atoms with E-state index in [9.17, 15) is 0 Å². The lowest BCUT2D eigenvalue weighted by molar-refractivity contribution is 0.513. The smallest absolute Gasteiger partial charge is 0.221 e. The Bertz CT molecular complexity index is 320. The summed E-state index contributed by atoms with van der Waals surface area (Å²) in [6.45, 7) is 8.73. The van der Waals surface area contributed by atoms with Gasteiger partial charge in [-0.1, -0.05) is 19.9 Å². The summed E-state index contributed by atoms with van der Waals surface area (Å²) >= 11 is 0. The number of hydrogen-bond donors (Lipinski definition) is 2. The fourth-order valence-electron chi connectivity index (χ4n) is 0.863. The van der Waals surface area contributed by atoms with Gasteiger partial charge in [0.1, 0.15) is 5.82 Å². The Morgan fingerprint density at radius 1 is 1.64 bits per heavy atom. The van der Waals surface area contributed by atoms with Gasteiger partial charge < -0.3 is 11.1 Å². The molecule has 0 saturated heterocycles. The highest BCUT2D eigenvalue weighted by Crippen LogP contribution is 2.16. The van der Waals surface area contributed by atoms with Crippen molar-refractivity contribution in [3.63, 3.8) is 0 Å². The summed E-state index contributed by atoms with van der Waals surface area (Å²) in [5, 5.41) is 3.17. The molecule has 4 nitrogen and oxygen atoms in total. The molecule has 1 rings (SSSR count). The van der Waals surface area contributed by atoms with Gasteiger partial charge in [0.2, 0.25) is 5.95 Å². The second-order valence-electron chi connectivity index (χ2n) is 3.85. The highest BCUT2D eigenvalue weighted by molar-refractivity contribution is 5.37. The summed E-state index contributed by atoms with van der Waals surface area (Å²) in [6.07, 6.45) is 3.54. The first-order valence-corrected chi connectivity index (χ1v) is 4.49. The van der Waals surface area contributed by atoms with Crippen molar-refractivity contribution in [3.8, 4) is 0 Å². The number of rotatable bonds is 4. The largest absolute Gasteiger partial charge is 0.369 e. The minimum atomic E-state index is 0.0414. The lowest BCUT2D eigenvalue weighted by Crippen LogP contribution is -2.20. The molecule has 1 aromatic rings. The van der Waals surface area contributed by atoms with Gasteiger partial charge in [0.05, 0.1) is 0 Å². The van der Waals surface area contributed by atoms with E-state index in [-0.39, 0.29) is 11.4 Å². The van der Waals surface area contributed by atoms with Gasteiger partial charge in [-0.3, -0.25) is 0 Å². The molecule has 0 atom stereocenters. The normalized spacial score (nSPS) is 11.0. The lowest BCUT2D eigenvalue weighted by atomic mass is 9.94. The van der Waals surface area contributed by atoms with Crippen LogP contribution in [0, 0.1) is 5.41 Å². The van der Waals surface area contributed by atoms with Gasteiger partial charge in [-0.25, -0.2) is 4.98 Å². The number of nitrogens with two attached hydrogens (primary N) is 1. The van der Waals surface area contributed by atoms with Gasteiger partial charge in [0, 0.05) is 12.7 Å². The molecule has 14 heavy (non-hydrogen) atoms. The summed E-state index contributed by atoms with van der Waals surface area (Å²) in [4.78, 5) is 7.84. The molecule has 1 aromatic heterocycles. The van der Waals surface area contributed by atoms with E-state index >= 15 is 0 Å². The van der Waals surface area contributed by atoms with Crippen LogP contribution in [-0.2, 0) is 0 Å². The van der Waals surface area contributed by atoms with Gasteiger partial charge in [0.25, 0.3) is 0 Å². The first-order valence-electron chi connectivity index (χ1n) is 4.49. The Kier molecular flexibility index (Phi) is 3.06. The summed E-state index contributed by atoms with van der Waals surface area (Å²) in [7, 11) is 0. The molecule has 0 aliphatic rings. The Hall–Kier alpha value is -1.58. The van der Waals surface area contributed by atoms with Gasteiger partial charge in [-0.05, 0) is 11.5 Å². The van der Waals surface area contributed by atoms with Crippen molar-refractivity contribution in [3.05, 3.63) is 24.9 Å². The molecule has 0 unspecified atom stereocenters. The third-order valence-corrected chi connectivity index (χ3v) is 1.95. The Morgan fingerprint density at radius 2 is 2.36 bits per heavy atom. The topological polar surface area (TPSA) is 63.8 Å². The number of hydrogen-bond acceptors (Lipinski definition) is 4. The average Bonchev–Trinajstić information content (AvgIpc) is 2.15. The van der Waals surface area contributed by atoms with Gasteiger partial charge in [-0.2, -0.15) is 4.98 Å². The highest BCUT2D eigenvalue weighted by Gasteiger charge is 2.12. The second kappa shape index (κ2) is 4.09. The Labute approximate surface area is 84.3 Å². The molecular formula is C10H16N4. The van der Waals surface area contributed by atoms with Crippen molar-refractivity contribution in [1.82, 2.24) is 9.97 Å². The minimum absolute atomic E-state index is 0.0414. The van der Waals surface area contributed by atoms with E-state index in [0.717, 1.165) is 12.4 Å². The molecule has 0 radical (unpaired) electrons. The van der Waals surface area contributed by atoms with E-state index in [1.807, 2.05) is 6.08 Å². The quantitative estimate of drug-likeness (QED) is 0.712. The predicted molar refractivity (Wildman–Crippen MR) is 58.9 cm³/mol. The van der Waals surface area contributed by atoms with E-state index in [0.29, 0.717) is 0 Å². The maximum Gasteiger partial charge on any atom is 0.221 e. The second-order valence-corrected chi connectivity index (χ2v) is 3.85. The zero-order valence-electron chi connectivity index (χ0n) is 8.62. The zero-order valence-corrected chi connectivity index (χ0v) is 8.62. The van der Waals surface area contributed by atoms with Crippen molar-refractivity contribution in [2.45, 2.75) is 13.8 Å². The highest BCUT2D eigenvalue weighted by atomic mass is 15.1. The van der Waals surface area contributed by atoms with Crippen LogP contribution in [0.1, 0.15) is 13.8 Å². The molecule has 0 spiro atoms. The molecular weight excluding hydrogens is 176 g/mol. The van der Waals surface area contributed by atoms with Crippen LogP contribution in [0.15, 0.2) is 24.9 Å². The minimum Gasteiger partial charge on any atom is -0.369 e. The molecule has 0 aromatic carbocycles. The van der Waals surface area contributed by atoms with Crippen molar-refractivity contribution in [2.24, 2.45) is 5.41 Å². The van der Waals surface area contributed by atoms with Crippen LogP contribution in [0.25, 0.3) is 0 Å². The SMILES string of the molecule is C=CC(C)(C)CNc1ccnc(N)n1. The molecule has 0 fully saturated rings. The van der Waals surface area contributed by atoms with Crippen LogP contribution in [-0.4, -0.2) is 16.5 Å². The van der Waals surface area contributed by atoms with Gasteiger partial charge in [0.15, 0.2) is 0 Å². The van der Waals surface area contributed by atoms with E-state index in [1.165, 1.54) is 0 Å². The maximum atomic E-state index is 5.45. The lowest BCUT2D eigenvalue weighted by Gasteiger charge is -2.20. The standard InChI is InChI=1S/C10H16N4/c1-4-10(2,3)7-13-8-5-6-12-9(11)14-8/h4-6H,1,7H2,2-3H3,(H3,11,12,13,14). The van der Waals surface area contributed by atoms with Crippen molar-refractivity contribution >= 4 is 11.8 Å². The first kappa shape index (κ1) is 10.5. The van der Waals surface area contributed by atoms with Gasteiger partial charge in [-0.15, -0.1) is 6.58 Å². The summed E-state index contributed by atoms with van der Waals surface area (Å²) in [6, 6.07) is 1.79. The molecule has 0 amide bonds. The van der Waals surface area contributed by atoms with E-state index < -0.39 is 0 Å². The molecule has 0 aliphatic carbocycles. The fourth-order valence-corrected chi connectivity index (χ4v) is 0.863. The van der Waals surface area contributed by atoms with Gasteiger partial charge >= 0.3 is 0 Å². The van der Waals surface area contributed by atoms with Crippen LogP contribution < -0.4 is 11.1 Å². The third kappa shape index (κ3) is 3.05. The number of anilines is 2. The zero-order chi connectivity index (χ0) is 10.6. The molecule has 0 saturated carbocycles. The van der Waals surface area contributed by atoms with E-state index in [4.69, 9.17) is 5.73 Å². The summed E-state index contributed by atoms with van der Waals surface area (Å²) < 4.78 is 0. The predicted octanol–water partition coefficient (Wildman–Crippen LogP) is 1.68. The number of nitrogens with zero attached hydrogens (tertiary/aromatic N) is 2. The van der Waals surface area contributed by atoms with Crippen molar-refractivity contribution < 1.29 is 0 Å². The van der Waals surface area contributed by atoms with E-state index in [1.54, 1.807) is 12.3 Å². The van der Waals surface area contributed by atoms with Crippen LogP contribution in [0.4, 0.5) is 11.8 Å². The maximum absolute atomic E-state index is 5.45. The first-order chi connectivity index (χ1) is 6.53. The van der Waals surface area contributed by atoms with Crippen LogP contribution in [0.2, 0.25) is 0 Å². The summed E-state index contributed by atoms with van der Waals surface area (Å²) in [5.41, 5.74) is 5.49. The molecule has 76 valence electrons. The number of nitrogens with one attached hydrogen (secondary N) is 1. The monoisotopic (exact) mass is 192 g/mol. The van der Waals surface area contributed by atoms with Crippen LogP contribution in [0.3, 0.4) is 0 Å². The van der Waals surface area contributed by atoms with E-state index in [2.05, 4.69) is 35.7 Å². The molecule has 0 bridgehead atoms. The molecule has 4 heteroatoms. The molecule has 1 heterocycles. The third-order valence-electron chi connectivity index (χ3n) is 1.95. The number of aromatic nitrogens is 2.